The Morgan fingerprint density at radius 2 is 1.73 bits per heavy atom. The lowest BCUT2D eigenvalue weighted by Gasteiger charge is -2.45. The molecule has 2 rings (SSSR count). The summed E-state index contributed by atoms with van der Waals surface area (Å²) in [4.78, 5) is 2.62. The van der Waals surface area contributed by atoms with Crippen LogP contribution in [-0.2, 0) is 0 Å². The number of nitrogens with zero attached hydrogens (tertiary/aromatic N) is 1. The second kappa shape index (κ2) is 5.09. The first-order chi connectivity index (χ1) is 7.28. The Kier molecular flexibility index (Phi) is 4.00. The number of hydrogen-bond donors (Lipinski definition) is 0. The lowest BCUT2D eigenvalue weighted by atomic mass is 9.68. The lowest BCUT2D eigenvalue weighted by molar-refractivity contribution is 0.0722. The van der Waals surface area contributed by atoms with Crippen LogP contribution in [0.15, 0.2) is 0 Å². The molecule has 2 heteroatoms. The Morgan fingerprint density at radius 3 is 2.20 bits per heavy atom. The van der Waals surface area contributed by atoms with E-state index in [0.717, 1.165) is 10.7 Å². The molecule has 0 aromatic carbocycles. The zero-order chi connectivity index (χ0) is 10.7. The van der Waals surface area contributed by atoms with Crippen LogP contribution in [0, 0.1) is 5.41 Å². The molecule has 0 radical (unpaired) electrons. The summed E-state index contributed by atoms with van der Waals surface area (Å²) in [6.45, 7) is 6.27. The zero-order valence-corrected chi connectivity index (χ0v) is 11.1. The fourth-order valence-corrected chi connectivity index (χ4v) is 3.99. The van der Waals surface area contributed by atoms with Crippen LogP contribution < -0.4 is 0 Å². The van der Waals surface area contributed by atoms with Crippen molar-refractivity contribution in [3.8, 4) is 0 Å². The van der Waals surface area contributed by atoms with E-state index in [2.05, 4.69) is 29.8 Å². The van der Waals surface area contributed by atoms with Gasteiger partial charge in [-0.15, -0.1) is 0 Å². The molecule has 1 aliphatic carbocycles. The SMILES string of the molecule is CCN1CCC2(CCC(SC)CC2)CC1. The van der Waals surface area contributed by atoms with Crippen LogP contribution in [0.2, 0.25) is 0 Å². The van der Waals surface area contributed by atoms with Gasteiger partial charge in [-0.25, -0.2) is 0 Å². The highest BCUT2D eigenvalue weighted by Crippen LogP contribution is 2.46. The third-order valence-corrected chi connectivity index (χ3v) is 5.83. The molecule has 0 amide bonds. The van der Waals surface area contributed by atoms with E-state index < -0.39 is 0 Å². The van der Waals surface area contributed by atoms with E-state index in [1.54, 1.807) is 0 Å². The minimum absolute atomic E-state index is 0.762. The molecule has 0 atom stereocenters. The third-order valence-electron chi connectivity index (χ3n) is 4.69. The first-order valence-electron chi connectivity index (χ1n) is 6.53. The Hall–Kier alpha value is 0.310. The Morgan fingerprint density at radius 1 is 1.13 bits per heavy atom. The molecule has 2 aliphatic rings. The van der Waals surface area contributed by atoms with Crippen molar-refractivity contribution in [3.05, 3.63) is 0 Å². The molecular formula is C13H25NS. The summed E-state index contributed by atoms with van der Waals surface area (Å²) in [5.74, 6) is 0. The summed E-state index contributed by atoms with van der Waals surface area (Å²) in [6, 6.07) is 0. The smallest absolute Gasteiger partial charge is 0.00446 e. The standard InChI is InChI=1S/C13H25NS/c1-3-14-10-8-13(9-11-14)6-4-12(15-2)5-7-13/h12H,3-11H2,1-2H3. The van der Waals surface area contributed by atoms with Crippen molar-refractivity contribution in [2.75, 3.05) is 25.9 Å². The predicted molar refractivity (Wildman–Crippen MR) is 69.6 cm³/mol. The van der Waals surface area contributed by atoms with Gasteiger partial charge < -0.3 is 4.90 Å². The molecule has 0 aromatic heterocycles. The van der Waals surface area contributed by atoms with Crippen molar-refractivity contribution < 1.29 is 0 Å². The second-order valence-corrected chi connectivity index (χ2v) is 6.51. The maximum atomic E-state index is 2.62. The molecule has 15 heavy (non-hydrogen) atoms. The molecule has 0 N–H and O–H groups in total. The summed E-state index contributed by atoms with van der Waals surface area (Å²) in [7, 11) is 0. The molecular weight excluding hydrogens is 202 g/mol. The molecule has 0 aromatic rings. The van der Waals surface area contributed by atoms with Gasteiger partial charge in [0.05, 0.1) is 0 Å². The molecule has 88 valence electrons. The van der Waals surface area contributed by atoms with E-state index in [1.807, 2.05) is 0 Å². The normalized spacial score (nSPS) is 28.4. The van der Waals surface area contributed by atoms with E-state index in [-0.39, 0.29) is 0 Å². The highest BCUT2D eigenvalue weighted by molar-refractivity contribution is 7.99. The first kappa shape index (κ1) is 11.8. The molecule has 1 aliphatic heterocycles. The predicted octanol–water partition coefficient (Wildman–Crippen LogP) is 3.39. The maximum Gasteiger partial charge on any atom is 0.00446 e. The van der Waals surface area contributed by atoms with Gasteiger partial charge in [0.1, 0.15) is 0 Å². The van der Waals surface area contributed by atoms with Crippen molar-refractivity contribution >= 4 is 11.8 Å². The van der Waals surface area contributed by atoms with Gasteiger partial charge in [-0.3, -0.25) is 0 Å². The van der Waals surface area contributed by atoms with Crippen molar-refractivity contribution in [1.82, 2.24) is 4.90 Å². The summed E-state index contributed by atoms with van der Waals surface area (Å²) in [5.41, 5.74) is 0.762. The minimum atomic E-state index is 0.762. The average Bonchev–Trinajstić information content (AvgIpc) is 2.31. The van der Waals surface area contributed by atoms with Crippen LogP contribution >= 0.6 is 11.8 Å². The molecule has 0 bridgehead atoms. The van der Waals surface area contributed by atoms with E-state index in [4.69, 9.17) is 0 Å². The molecule has 1 saturated heterocycles. The van der Waals surface area contributed by atoms with Gasteiger partial charge in [-0.1, -0.05) is 6.92 Å². The van der Waals surface area contributed by atoms with Gasteiger partial charge in [-0.2, -0.15) is 11.8 Å². The van der Waals surface area contributed by atoms with Crippen LogP contribution in [0.5, 0.6) is 0 Å². The first-order valence-corrected chi connectivity index (χ1v) is 7.82. The van der Waals surface area contributed by atoms with Crippen LogP contribution in [0.1, 0.15) is 45.4 Å². The van der Waals surface area contributed by atoms with Crippen LogP contribution in [0.4, 0.5) is 0 Å². The number of rotatable bonds is 2. The summed E-state index contributed by atoms with van der Waals surface area (Å²) in [6.07, 6.45) is 11.2. The van der Waals surface area contributed by atoms with Gasteiger partial charge in [0.2, 0.25) is 0 Å². The largest absolute Gasteiger partial charge is 0.304 e. The topological polar surface area (TPSA) is 3.24 Å². The van der Waals surface area contributed by atoms with Gasteiger partial charge in [0, 0.05) is 5.25 Å². The number of thioether (sulfide) groups is 1. The Bertz CT molecular complexity index is 163. The quantitative estimate of drug-likeness (QED) is 0.711. The number of hydrogen-bond acceptors (Lipinski definition) is 2. The molecule has 2 fully saturated rings. The molecule has 0 unspecified atom stereocenters. The van der Waals surface area contributed by atoms with Crippen LogP contribution in [-0.4, -0.2) is 36.0 Å². The summed E-state index contributed by atoms with van der Waals surface area (Å²) >= 11 is 2.09. The fourth-order valence-electron chi connectivity index (χ4n) is 3.28. The number of likely N-dealkylation sites (tertiary alicyclic amines) is 1. The maximum absolute atomic E-state index is 2.62. The van der Waals surface area contributed by atoms with Crippen LogP contribution in [0.3, 0.4) is 0 Å². The van der Waals surface area contributed by atoms with Crippen molar-refractivity contribution in [3.63, 3.8) is 0 Å². The minimum Gasteiger partial charge on any atom is -0.304 e. The highest BCUT2D eigenvalue weighted by Gasteiger charge is 2.37. The van der Waals surface area contributed by atoms with Gasteiger partial charge in [0.25, 0.3) is 0 Å². The van der Waals surface area contributed by atoms with Crippen LogP contribution in [0.25, 0.3) is 0 Å². The van der Waals surface area contributed by atoms with Gasteiger partial charge in [0.15, 0.2) is 0 Å². The average molecular weight is 227 g/mol. The van der Waals surface area contributed by atoms with Crippen molar-refractivity contribution in [2.45, 2.75) is 50.7 Å². The van der Waals surface area contributed by atoms with Gasteiger partial charge in [-0.05, 0) is 69.8 Å². The molecule has 1 nitrogen and oxygen atoms in total. The Labute approximate surface area is 99.0 Å². The van der Waals surface area contributed by atoms with Gasteiger partial charge >= 0.3 is 0 Å². The highest BCUT2D eigenvalue weighted by atomic mass is 32.2. The van der Waals surface area contributed by atoms with E-state index in [0.29, 0.717) is 0 Å². The van der Waals surface area contributed by atoms with Crippen molar-refractivity contribution in [1.29, 1.82) is 0 Å². The van der Waals surface area contributed by atoms with E-state index >= 15 is 0 Å². The molecule has 1 saturated carbocycles. The van der Waals surface area contributed by atoms with E-state index in [1.165, 1.54) is 58.2 Å². The zero-order valence-electron chi connectivity index (χ0n) is 10.3. The van der Waals surface area contributed by atoms with Crippen molar-refractivity contribution in [2.24, 2.45) is 5.41 Å². The summed E-state index contributed by atoms with van der Waals surface area (Å²) < 4.78 is 0. The second-order valence-electron chi connectivity index (χ2n) is 5.37. The molecule has 1 heterocycles. The van der Waals surface area contributed by atoms with E-state index in [9.17, 15) is 0 Å². The Balaban J connectivity index is 1.83. The third kappa shape index (κ3) is 2.71. The monoisotopic (exact) mass is 227 g/mol. The fraction of sp³-hybridized carbons (Fsp3) is 1.00. The lowest BCUT2D eigenvalue weighted by Crippen LogP contribution is -2.42. The molecule has 1 spiro atoms. The number of piperidine rings is 1. The summed E-state index contributed by atoms with van der Waals surface area (Å²) in [5, 5.41) is 0.972.